The fourth-order valence-electron chi connectivity index (χ4n) is 3.12. The summed E-state index contributed by atoms with van der Waals surface area (Å²) in [6, 6.07) is 25.0. The van der Waals surface area contributed by atoms with Gasteiger partial charge in [-0.25, -0.2) is 13.2 Å². The van der Waals surface area contributed by atoms with Crippen LogP contribution in [0, 0.1) is 17.5 Å². The minimum atomic E-state index is -0.899. The molecule has 0 heterocycles. The Morgan fingerprint density at radius 3 is 1.97 bits per heavy atom. The first kappa shape index (κ1) is 18.8. The number of ether oxygens (including phenoxy) is 1. The van der Waals surface area contributed by atoms with Crippen molar-refractivity contribution in [3.05, 3.63) is 114 Å². The predicted octanol–water partition coefficient (Wildman–Crippen LogP) is 7.02. The van der Waals surface area contributed by atoms with E-state index in [1.54, 1.807) is 36.4 Å². The van der Waals surface area contributed by atoms with E-state index in [1.807, 2.05) is 30.3 Å². The van der Waals surface area contributed by atoms with Gasteiger partial charge in [-0.15, -0.1) is 0 Å². The van der Waals surface area contributed by atoms with E-state index in [-0.39, 0.29) is 5.56 Å². The summed E-state index contributed by atoms with van der Waals surface area (Å²) in [6.07, 6.45) is 0. The fraction of sp³-hybridized carbons (Fsp3) is 0.0400. The van der Waals surface area contributed by atoms with Crippen molar-refractivity contribution in [1.29, 1.82) is 0 Å². The summed E-state index contributed by atoms with van der Waals surface area (Å²) in [5.74, 6) is -1.77. The molecule has 1 nitrogen and oxygen atoms in total. The zero-order valence-electron chi connectivity index (χ0n) is 15.4. The zero-order valence-corrected chi connectivity index (χ0v) is 15.4. The average Bonchev–Trinajstić information content (AvgIpc) is 2.75. The first-order chi connectivity index (χ1) is 14.1. The molecular formula is C25H17F3O. The molecule has 0 amide bonds. The summed E-state index contributed by atoms with van der Waals surface area (Å²) in [5, 5.41) is 0. The van der Waals surface area contributed by atoms with Crippen LogP contribution in [0.15, 0.2) is 91.0 Å². The van der Waals surface area contributed by atoms with Crippen LogP contribution in [0.1, 0.15) is 5.56 Å². The topological polar surface area (TPSA) is 9.23 Å². The molecule has 0 N–H and O–H groups in total. The van der Waals surface area contributed by atoms with Crippen molar-refractivity contribution in [2.45, 2.75) is 6.61 Å². The van der Waals surface area contributed by atoms with E-state index in [0.717, 1.165) is 11.6 Å². The van der Waals surface area contributed by atoms with Gasteiger partial charge in [-0.2, -0.15) is 0 Å². The van der Waals surface area contributed by atoms with E-state index in [0.29, 0.717) is 29.0 Å². The Morgan fingerprint density at radius 2 is 1.28 bits per heavy atom. The van der Waals surface area contributed by atoms with Crippen LogP contribution < -0.4 is 4.74 Å². The molecule has 144 valence electrons. The molecule has 29 heavy (non-hydrogen) atoms. The van der Waals surface area contributed by atoms with Gasteiger partial charge in [-0.1, -0.05) is 66.7 Å². The normalized spacial score (nSPS) is 10.7. The highest BCUT2D eigenvalue weighted by atomic mass is 19.2. The SMILES string of the molecule is Fc1cc(OCc2ccccc2)ccc1-c1ccc(-c2cccc(F)c2F)cc1. The highest BCUT2D eigenvalue weighted by molar-refractivity contribution is 5.71. The third kappa shape index (κ3) is 4.16. The number of rotatable bonds is 5. The summed E-state index contributed by atoms with van der Waals surface area (Å²) < 4.78 is 47.7. The van der Waals surface area contributed by atoms with Crippen molar-refractivity contribution in [2.75, 3.05) is 0 Å². The van der Waals surface area contributed by atoms with Crippen LogP contribution in [0.4, 0.5) is 13.2 Å². The van der Waals surface area contributed by atoms with Gasteiger partial charge in [0.2, 0.25) is 0 Å². The predicted molar refractivity (Wildman–Crippen MR) is 108 cm³/mol. The minimum Gasteiger partial charge on any atom is -0.489 e. The Bertz CT molecular complexity index is 1120. The van der Waals surface area contributed by atoms with Crippen LogP contribution in [0.25, 0.3) is 22.3 Å². The van der Waals surface area contributed by atoms with Gasteiger partial charge in [-0.05, 0) is 34.9 Å². The van der Waals surface area contributed by atoms with Gasteiger partial charge >= 0.3 is 0 Å². The quantitative estimate of drug-likeness (QED) is 0.356. The lowest BCUT2D eigenvalue weighted by molar-refractivity contribution is 0.304. The largest absolute Gasteiger partial charge is 0.489 e. The van der Waals surface area contributed by atoms with Gasteiger partial charge in [0.1, 0.15) is 18.2 Å². The minimum absolute atomic E-state index is 0.168. The van der Waals surface area contributed by atoms with Crippen molar-refractivity contribution in [3.63, 3.8) is 0 Å². The summed E-state index contributed by atoms with van der Waals surface area (Å²) in [5.41, 5.74) is 2.73. The lowest BCUT2D eigenvalue weighted by Crippen LogP contribution is -1.96. The van der Waals surface area contributed by atoms with E-state index in [2.05, 4.69) is 0 Å². The van der Waals surface area contributed by atoms with E-state index in [9.17, 15) is 13.2 Å². The molecular weight excluding hydrogens is 373 g/mol. The lowest BCUT2D eigenvalue weighted by Gasteiger charge is -2.10. The number of hydrogen-bond acceptors (Lipinski definition) is 1. The maximum atomic E-state index is 14.6. The molecule has 0 aliphatic heterocycles. The molecule has 0 aliphatic rings. The number of benzene rings is 4. The van der Waals surface area contributed by atoms with Crippen LogP contribution in [0.3, 0.4) is 0 Å². The molecule has 0 aromatic heterocycles. The maximum Gasteiger partial charge on any atom is 0.166 e. The zero-order chi connectivity index (χ0) is 20.2. The summed E-state index contributed by atoms with van der Waals surface area (Å²) in [6.45, 7) is 0.355. The van der Waals surface area contributed by atoms with Crippen LogP contribution in [-0.4, -0.2) is 0 Å². The molecule has 0 fully saturated rings. The molecule has 0 aliphatic carbocycles. The van der Waals surface area contributed by atoms with E-state index < -0.39 is 17.5 Å². The smallest absolute Gasteiger partial charge is 0.166 e. The summed E-state index contributed by atoms with van der Waals surface area (Å²) >= 11 is 0. The highest BCUT2D eigenvalue weighted by Crippen LogP contribution is 2.30. The Kier molecular flexibility index (Phi) is 5.34. The van der Waals surface area contributed by atoms with Crippen LogP contribution >= 0.6 is 0 Å². The molecule has 4 aromatic carbocycles. The van der Waals surface area contributed by atoms with E-state index in [4.69, 9.17) is 4.74 Å². The first-order valence-electron chi connectivity index (χ1n) is 9.13. The van der Waals surface area contributed by atoms with Gasteiger partial charge < -0.3 is 4.74 Å². The molecule has 0 bridgehead atoms. The summed E-state index contributed by atoms with van der Waals surface area (Å²) in [7, 11) is 0. The van der Waals surface area contributed by atoms with E-state index >= 15 is 0 Å². The van der Waals surface area contributed by atoms with Crippen LogP contribution in [0.5, 0.6) is 5.75 Å². The van der Waals surface area contributed by atoms with Gasteiger partial charge in [0.25, 0.3) is 0 Å². The third-order valence-electron chi connectivity index (χ3n) is 4.65. The van der Waals surface area contributed by atoms with Crippen molar-refractivity contribution in [1.82, 2.24) is 0 Å². The molecule has 0 saturated heterocycles. The monoisotopic (exact) mass is 390 g/mol. The molecule has 0 saturated carbocycles. The first-order valence-corrected chi connectivity index (χ1v) is 9.13. The van der Waals surface area contributed by atoms with Crippen LogP contribution in [-0.2, 0) is 6.61 Å². The molecule has 4 rings (SSSR count). The molecule has 4 aromatic rings. The standard InChI is InChI=1S/C25H17F3O/c26-23-8-4-7-22(25(23)28)19-11-9-18(10-12-19)21-14-13-20(15-24(21)27)29-16-17-5-2-1-3-6-17/h1-15H,16H2. The maximum absolute atomic E-state index is 14.6. The fourth-order valence-corrected chi connectivity index (χ4v) is 3.12. The average molecular weight is 390 g/mol. The second-order valence-corrected chi connectivity index (χ2v) is 6.59. The Labute approximate surface area is 167 Å². The van der Waals surface area contributed by atoms with Gasteiger partial charge in [-0.3, -0.25) is 0 Å². The number of halogens is 3. The second-order valence-electron chi connectivity index (χ2n) is 6.59. The lowest BCUT2D eigenvalue weighted by atomic mass is 9.99. The van der Waals surface area contributed by atoms with Crippen molar-refractivity contribution in [2.24, 2.45) is 0 Å². The molecule has 0 atom stereocenters. The Balaban J connectivity index is 1.53. The molecule has 0 unspecified atom stereocenters. The molecule has 0 spiro atoms. The molecule has 4 heteroatoms. The van der Waals surface area contributed by atoms with Crippen molar-refractivity contribution >= 4 is 0 Å². The Morgan fingerprint density at radius 1 is 0.586 bits per heavy atom. The highest BCUT2D eigenvalue weighted by Gasteiger charge is 2.11. The summed E-state index contributed by atoms with van der Waals surface area (Å²) in [4.78, 5) is 0. The van der Waals surface area contributed by atoms with E-state index in [1.165, 1.54) is 18.2 Å². The van der Waals surface area contributed by atoms with Crippen molar-refractivity contribution < 1.29 is 17.9 Å². The Hall–Kier alpha value is -3.53. The van der Waals surface area contributed by atoms with Gasteiger partial charge in [0.15, 0.2) is 11.6 Å². The second kappa shape index (κ2) is 8.23. The number of hydrogen-bond donors (Lipinski definition) is 0. The van der Waals surface area contributed by atoms with Gasteiger partial charge in [0.05, 0.1) is 0 Å². The van der Waals surface area contributed by atoms with Crippen LogP contribution in [0.2, 0.25) is 0 Å². The van der Waals surface area contributed by atoms with Gasteiger partial charge in [0, 0.05) is 17.2 Å². The van der Waals surface area contributed by atoms with Crippen molar-refractivity contribution in [3.8, 4) is 28.0 Å². The third-order valence-corrected chi connectivity index (χ3v) is 4.65. The molecule has 0 radical (unpaired) electrons.